The minimum absolute atomic E-state index is 0.592. The molecule has 1 aromatic rings. The van der Waals surface area contributed by atoms with Crippen molar-refractivity contribution in [3.05, 3.63) is 28.2 Å². The molecule has 2 aliphatic heterocycles. The van der Waals surface area contributed by atoms with Crippen molar-refractivity contribution in [2.24, 2.45) is 0 Å². The van der Waals surface area contributed by atoms with Crippen LogP contribution in [0.2, 0.25) is 0 Å². The molecule has 3 rings (SSSR count). The molecule has 2 aliphatic rings. The molecule has 1 N–H and O–H groups in total. The fraction of sp³-hybridized carbons (Fsp3) is 0.625. The second-order valence-electron chi connectivity index (χ2n) is 6.10. The Morgan fingerprint density at radius 3 is 3.00 bits per heavy atom. The van der Waals surface area contributed by atoms with Crippen LogP contribution in [0.15, 0.2) is 22.7 Å². The summed E-state index contributed by atoms with van der Waals surface area (Å²) in [5, 5.41) is 3.29. The number of piperazine rings is 1. The number of benzene rings is 1. The van der Waals surface area contributed by atoms with Crippen molar-refractivity contribution in [1.82, 2.24) is 10.2 Å². The average molecular weight is 338 g/mol. The van der Waals surface area contributed by atoms with E-state index in [9.17, 15) is 0 Å². The summed E-state index contributed by atoms with van der Waals surface area (Å²) in [5.41, 5.74) is 2.79. The van der Waals surface area contributed by atoms with E-state index in [0.717, 1.165) is 12.6 Å². The number of fused-ring (bicyclic) bond motifs is 1. The average Bonchev–Trinajstić information content (AvgIpc) is 2.87. The standard InChI is InChI=1S/C16H24BrN3/c1-12-10-19-7-3-4-15(19)11-20(12)16-8-14(17)6-5-13(16)9-18-2/h5-6,8,12,15,18H,3-4,7,9-11H2,1-2H3. The van der Waals surface area contributed by atoms with Crippen LogP contribution in [0, 0.1) is 0 Å². The minimum Gasteiger partial charge on any atom is -0.366 e. The molecule has 4 heteroatoms. The van der Waals surface area contributed by atoms with E-state index in [-0.39, 0.29) is 0 Å². The number of hydrogen-bond donors (Lipinski definition) is 1. The summed E-state index contributed by atoms with van der Waals surface area (Å²) < 4.78 is 1.17. The number of rotatable bonds is 3. The second kappa shape index (κ2) is 6.04. The minimum atomic E-state index is 0.592. The summed E-state index contributed by atoms with van der Waals surface area (Å²) >= 11 is 3.63. The van der Waals surface area contributed by atoms with Crippen molar-refractivity contribution in [3.8, 4) is 0 Å². The molecule has 1 aromatic carbocycles. The number of halogens is 1. The largest absolute Gasteiger partial charge is 0.366 e. The number of hydrogen-bond acceptors (Lipinski definition) is 3. The second-order valence-corrected chi connectivity index (χ2v) is 7.01. The maximum Gasteiger partial charge on any atom is 0.0426 e. The molecule has 0 bridgehead atoms. The first-order valence-electron chi connectivity index (χ1n) is 7.62. The van der Waals surface area contributed by atoms with Gasteiger partial charge in [0.15, 0.2) is 0 Å². The molecule has 3 nitrogen and oxygen atoms in total. The van der Waals surface area contributed by atoms with Gasteiger partial charge in [-0.3, -0.25) is 4.90 Å². The lowest BCUT2D eigenvalue weighted by molar-refractivity contribution is 0.203. The predicted octanol–water partition coefficient (Wildman–Crippen LogP) is 2.84. The third kappa shape index (κ3) is 2.74. The van der Waals surface area contributed by atoms with E-state index < -0.39 is 0 Å². The van der Waals surface area contributed by atoms with E-state index in [1.807, 2.05) is 7.05 Å². The molecule has 0 spiro atoms. The van der Waals surface area contributed by atoms with E-state index in [1.54, 1.807) is 0 Å². The molecule has 0 saturated carbocycles. The predicted molar refractivity (Wildman–Crippen MR) is 88.3 cm³/mol. The van der Waals surface area contributed by atoms with E-state index in [2.05, 4.69) is 56.2 Å². The highest BCUT2D eigenvalue weighted by molar-refractivity contribution is 9.10. The van der Waals surface area contributed by atoms with Gasteiger partial charge in [-0.15, -0.1) is 0 Å². The van der Waals surface area contributed by atoms with Gasteiger partial charge in [0.05, 0.1) is 0 Å². The van der Waals surface area contributed by atoms with E-state index in [4.69, 9.17) is 0 Å². The smallest absolute Gasteiger partial charge is 0.0426 e. The van der Waals surface area contributed by atoms with Crippen LogP contribution in [0.3, 0.4) is 0 Å². The Bertz CT molecular complexity index is 477. The Morgan fingerprint density at radius 2 is 2.20 bits per heavy atom. The highest BCUT2D eigenvalue weighted by Crippen LogP contribution is 2.32. The maximum atomic E-state index is 3.63. The summed E-state index contributed by atoms with van der Waals surface area (Å²) in [4.78, 5) is 5.29. The summed E-state index contributed by atoms with van der Waals surface area (Å²) in [7, 11) is 2.02. The van der Waals surface area contributed by atoms with Crippen LogP contribution >= 0.6 is 15.9 Å². The van der Waals surface area contributed by atoms with Gasteiger partial charge in [-0.25, -0.2) is 0 Å². The summed E-state index contributed by atoms with van der Waals surface area (Å²) in [6.07, 6.45) is 2.73. The lowest BCUT2D eigenvalue weighted by Crippen LogP contribution is -2.55. The zero-order valence-electron chi connectivity index (χ0n) is 12.4. The van der Waals surface area contributed by atoms with Crippen molar-refractivity contribution < 1.29 is 0 Å². The molecule has 2 unspecified atom stereocenters. The number of anilines is 1. The summed E-state index contributed by atoms with van der Waals surface area (Å²) in [5.74, 6) is 0. The monoisotopic (exact) mass is 337 g/mol. The lowest BCUT2D eigenvalue weighted by Gasteiger charge is -2.44. The zero-order chi connectivity index (χ0) is 14.1. The van der Waals surface area contributed by atoms with Gasteiger partial charge in [0.2, 0.25) is 0 Å². The first kappa shape index (κ1) is 14.4. The number of nitrogens with zero attached hydrogens (tertiary/aromatic N) is 2. The van der Waals surface area contributed by atoms with E-state index in [1.165, 1.54) is 48.2 Å². The Balaban J connectivity index is 1.89. The summed E-state index contributed by atoms with van der Waals surface area (Å²) in [6.45, 7) is 6.97. The molecule has 0 radical (unpaired) electrons. The maximum absolute atomic E-state index is 3.63. The van der Waals surface area contributed by atoms with Gasteiger partial charge in [0.25, 0.3) is 0 Å². The number of nitrogens with one attached hydrogen (secondary N) is 1. The molecule has 2 fully saturated rings. The van der Waals surface area contributed by atoms with Crippen LogP contribution in [0.1, 0.15) is 25.3 Å². The van der Waals surface area contributed by atoms with Gasteiger partial charge in [-0.05, 0) is 51.1 Å². The normalized spacial score (nSPS) is 26.9. The zero-order valence-corrected chi connectivity index (χ0v) is 14.0. The molecule has 0 aliphatic carbocycles. The third-order valence-corrected chi connectivity index (χ3v) is 5.15. The van der Waals surface area contributed by atoms with Crippen LogP contribution in [-0.4, -0.2) is 43.7 Å². The van der Waals surface area contributed by atoms with Crippen LogP contribution < -0.4 is 10.2 Å². The van der Waals surface area contributed by atoms with Crippen molar-refractivity contribution in [3.63, 3.8) is 0 Å². The first-order valence-corrected chi connectivity index (χ1v) is 8.42. The third-order valence-electron chi connectivity index (χ3n) is 4.66. The Kier molecular flexibility index (Phi) is 4.34. The fourth-order valence-electron chi connectivity index (χ4n) is 3.67. The quantitative estimate of drug-likeness (QED) is 0.914. The van der Waals surface area contributed by atoms with Gasteiger partial charge in [-0.1, -0.05) is 22.0 Å². The molecule has 0 aromatic heterocycles. The van der Waals surface area contributed by atoms with Crippen molar-refractivity contribution >= 4 is 21.6 Å². The van der Waals surface area contributed by atoms with E-state index >= 15 is 0 Å². The van der Waals surface area contributed by atoms with Crippen molar-refractivity contribution in [2.45, 2.75) is 38.4 Å². The molecule has 2 atom stereocenters. The highest BCUT2D eigenvalue weighted by Gasteiger charge is 2.35. The van der Waals surface area contributed by atoms with Crippen LogP contribution in [0.5, 0.6) is 0 Å². The van der Waals surface area contributed by atoms with Gasteiger partial charge in [0.1, 0.15) is 0 Å². The van der Waals surface area contributed by atoms with Crippen molar-refractivity contribution in [1.29, 1.82) is 0 Å². The molecular weight excluding hydrogens is 314 g/mol. The molecular formula is C16H24BrN3. The first-order chi connectivity index (χ1) is 9.69. The van der Waals surface area contributed by atoms with Crippen molar-refractivity contribution in [2.75, 3.05) is 31.6 Å². The Labute approximate surface area is 130 Å². The van der Waals surface area contributed by atoms with Crippen LogP contribution in [-0.2, 0) is 6.54 Å². The highest BCUT2D eigenvalue weighted by atomic mass is 79.9. The topological polar surface area (TPSA) is 18.5 Å². The fourth-order valence-corrected chi connectivity index (χ4v) is 4.02. The molecule has 0 amide bonds. The van der Waals surface area contributed by atoms with Crippen LogP contribution in [0.25, 0.3) is 0 Å². The van der Waals surface area contributed by atoms with Gasteiger partial charge >= 0.3 is 0 Å². The molecule has 20 heavy (non-hydrogen) atoms. The lowest BCUT2D eigenvalue weighted by atomic mass is 10.0. The molecule has 110 valence electrons. The Hall–Kier alpha value is -0.580. The van der Waals surface area contributed by atoms with Crippen LogP contribution in [0.4, 0.5) is 5.69 Å². The molecule has 2 saturated heterocycles. The summed E-state index contributed by atoms with van der Waals surface area (Å²) in [6, 6.07) is 8.02. The van der Waals surface area contributed by atoms with Gasteiger partial charge < -0.3 is 10.2 Å². The van der Waals surface area contributed by atoms with Gasteiger partial charge in [0, 0.05) is 41.9 Å². The SMILES string of the molecule is CNCc1ccc(Br)cc1N1CC2CCCN2CC1C. The van der Waals surface area contributed by atoms with E-state index in [0.29, 0.717) is 6.04 Å². The van der Waals surface area contributed by atoms with Gasteiger partial charge in [-0.2, -0.15) is 0 Å². The Morgan fingerprint density at radius 1 is 1.35 bits per heavy atom. The molecule has 2 heterocycles.